The number of amides is 2. The van der Waals surface area contributed by atoms with E-state index in [-0.39, 0.29) is 24.4 Å². The summed E-state index contributed by atoms with van der Waals surface area (Å²) < 4.78 is 0. The first-order valence-corrected chi connectivity index (χ1v) is 13.9. The Hall–Kier alpha value is -1.69. The van der Waals surface area contributed by atoms with Crippen LogP contribution in [0.2, 0.25) is 10.0 Å². The summed E-state index contributed by atoms with van der Waals surface area (Å²) in [5.41, 5.74) is 1.88. The van der Waals surface area contributed by atoms with Gasteiger partial charge in [0.2, 0.25) is 11.8 Å². The molecule has 2 amide bonds. The zero-order chi connectivity index (χ0) is 24.5. The standard InChI is InChI=1S/C27H34Cl2N2O2S/c1-3-25(27(33)30-20-8-5-4-6-9-20)31(18-22-23(28)10-7-11-24(22)29)26(32)16-17-34-21-14-12-19(2)13-15-21/h7,10-15,20,25H,3-6,8-9,16-18H2,1-2H3,(H,30,33)/t25-/m1/s1. The van der Waals surface area contributed by atoms with Crippen molar-refractivity contribution < 1.29 is 9.59 Å². The second-order valence-electron chi connectivity index (χ2n) is 8.90. The van der Waals surface area contributed by atoms with E-state index in [2.05, 4.69) is 36.5 Å². The number of carbonyl (C=O) groups excluding carboxylic acids is 2. The van der Waals surface area contributed by atoms with Crippen molar-refractivity contribution in [3.05, 3.63) is 63.6 Å². The van der Waals surface area contributed by atoms with E-state index in [1.165, 1.54) is 12.0 Å². The zero-order valence-electron chi connectivity index (χ0n) is 20.0. The molecule has 2 aromatic carbocycles. The minimum Gasteiger partial charge on any atom is -0.352 e. The van der Waals surface area contributed by atoms with Gasteiger partial charge >= 0.3 is 0 Å². The van der Waals surface area contributed by atoms with Crippen LogP contribution in [0.1, 0.15) is 63.0 Å². The Labute approximate surface area is 217 Å². The number of halogens is 2. The first kappa shape index (κ1) is 26.9. The largest absolute Gasteiger partial charge is 0.352 e. The maximum Gasteiger partial charge on any atom is 0.243 e. The predicted molar refractivity (Wildman–Crippen MR) is 143 cm³/mol. The van der Waals surface area contributed by atoms with Crippen molar-refractivity contribution in [3.8, 4) is 0 Å². The highest BCUT2D eigenvalue weighted by Crippen LogP contribution is 2.28. The van der Waals surface area contributed by atoms with Gasteiger partial charge in [-0.05, 0) is 50.5 Å². The number of carbonyl (C=O) groups is 2. The second-order valence-corrected chi connectivity index (χ2v) is 10.9. The normalized spacial score (nSPS) is 15.1. The van der Waals surface area contributed by atoms with Gasteiger partial charge in [-0.3, -0.25) is 9.59 Å². The van der Waals surface area contributed by atoms with Crippen molar-refractivity contribution in [2.45, 2.75) is 82.3 Å². The molecule has 1 saturated carbocycles. The van der Waals surface area contributed by atoms with Crippen LogP contribution in [0.15, 0.2) is 47.4 Å². The predicted octanol–water partition coefficient (Wildman–Crippen LogP) is 7.04. The molecule has 2 aromatic rings. The maximum absolute atomic E-state index is 13.5. The summed E-state index contributed by atoms with van der Waals surface area (Å²) in [5.74, 6) is 0.480. The van der Waals surface area contributed by atoms with Crippen LogP contribution in [-0.2, 0) is 16.1 Å². The molecule has 1 aliphatic carbocycles. The van der Waals surface area contributed by atoms with Gasteiger partial charge in [0.15, 0.2) is 0 Å². The number of rotatable bonds is 10. The highest BCUT2D eigenvalue weighted by Gasteiger charge is 2.31. The molecule has 1 aliphatic rings. The number of nitrogens with one attached hydrogen (secondary N) is 1. The third kappa shape index (κ3) is 7.66. The molecular weight excluding hydrogens is 487 g/mol. The molecule has 0 saturated heterocycles. The molecule has 7 heteroatoms. The molecule has 0 bridgehead atoms. The van der Waals surface area contributed by atoms with E-state index in [1.807, 2.05) is 6.92 Å². The Bertz CT molecular complexity index is 941. The maximum atomic E-state index is 13.5. The summed E-state index contributed by atoms with van der Waals surface area (Å²) in [6, 6.07) is 13.2. The molecule has 0 radical (unpaired) electrons. The molecule has 1 fully saturated rings. The summed E-state index contributed by atoms with van der Waals surface area (Å²) >= 11 is 14.5. The van der Waals surface area contributed by atoms with Crippen molar-refractivity contribution in [3.63, 3.8) is 0 Å². The minimum absolute atomic E-state index is 0.0683. The summed E-state index contributed by atoms with van der Waals surface area (Å²) in [6.45, 7) is 4.21. The van der Waals surface area contributed by atoms with E-state index in [4.69, 9.17) is 23.2 Å². The Morgan fingerprint density at radius 2 is 1.71 bits per heavy atom. The molecule has 34 heavy (non-hydrogen) atoms. The first-order valence-electron chi connectivity index (χ1n) is 12.1. The van der Waals surface area contributed by atoms with E-state index < -0.39 is 6.04 Å². The number of benzene rings is 2. The third-order valence-corrected chi connectivity index (χ3v) is 8.06. The van der Waals surface area contributed by atoms with Crippen LogP contribution in [0.3, 0.4) is 0 Å². The second kappa shape index (κ2) is 13.4. The molecule has 0 aromatic heterocycles. The SMILES string of the molecule is CC[C@H](C(=O)NC1CCCCC1)N(Cc1c(Cl)cccc1Cl)C(=O)CCSc1ccc(C)cc1. The monoisotopic (exact) mass is 520 g/mol. The minimum atomic E-state index is -0.564. The lowest BCUT2D eigenvalue weighted by molar-refractivity contribution is -0.141. The molecule has 0 unspecified atom stereocenters. The average Bonchev–Trinajstić information content (AvgIpc) is 2.82. The van der Waals surface area contributed by atoms with Crippen LogP contribution in [0.5, 0.6) is 0 Å². The fourth-order valence-corrected chi connectivity index (χ4v) is 5.71. The van der Waals surface area contributed by atoms with E-state index in [9.17, 15) is 9.59 Å². The van der Waals surface area contributed by atoms with Crippen molar-refractivity contribution in [1.29, 1.82) is 0 Å². The van der Waals surface area contributed by atoms with Gasteiger partial charge in [0.25, 0.3) is 0 Å². The van der Waals surface area contributed by atoms with E-state index in [0.717, 1.165) is 30.6 Å². The third-order valence-electron chi connectivity index (χ3n) is 6.33. The number of thioether (sulfide) groups is 1. The van der Waals surface area contributed by atoms with Crippen LogP contribution in [0.25, 0.3) is 0 Å². The van der Waals surface area contributed by atoms with Gasteiger partial charge in [-0.2, -0.15) is 0 Å². The Morgan fingerprint density at radius 3 is 2.32 bits per heavy atom. The summed E-state index contributed by atoms with van der Waals surface area (Å²) in [5, 5.41) is 4.21. The van der Waals surface area contributed by atoms with Crippen LogP contribution < -0.4 is 5.32 Å². The van der Waals surface area contributed by atoms with Crippen molar-refractivity contribution >= 4 is 46.8 Å². The van der Waals surface area contributed by atoms with E-state index >= 15 is 0 Å². The quantitative estimate of drug-likeness (QED) is 0.341. The van der Waals surface area contributed by atoms with Gasteiger partial charge in [-0.1, -0.05) is 73.2 Å². The molecule has 0 spiro atoms. The van der Waals surface area contributed by atoms with Gasteiger partial charge < -0.3 is 10.2 Å². The van der Waals surface area contributed by atoms with E-state index in [1.54, 1.807) is 34.9 Å². The number of nitrogens with zero attached hydrogens (tertiary/aromatic N) is 1. The van der Waals surface area contributed by atoms with E-state index in [0.29, 0.717) is 34.2 Å². The zero-order valence-corrected chi connectivity index (χ0v) is 22.3. The highest BCUT2D eigenvalue weighted by molar-refractivity contribution is 7.99. The number of aryl methyl sites for hydroxylation is 1. The lowest BCUT2D eigenvalue weighted by atomic mass is 9.95. The van der Waals surface area contributed by atoms with Gasteiger partial charge in [0, 0.05) is 45.3 Å². The molecule has 1 N–H and O–H groups in total. The smallest absolute Gasteiger partial charge is 0.243 e. The van der Waals surface area contributed by atoms with Gasteiger partial charge in [0.05, 0.1) is 0 Å². The van der Waals surface area contributed by atoms with Gasteiger partial charge in [-0.15, -0.1) is 11.8 Å². The van der Waals surface area contributed by atoms with Crippen LogP contribution in [0.4, 0.5) is 0 Å². The Morgan fingerprint density at radius 1 is 1.06 bits per heavy atom. The molecule has 1 atom stereocenters. The van der Waals surface area contributed by atoms with Crippen LogP contribution >= 0.6 is 35.0 Å². The Balaban J connectivity index is 1.74. The molecule has 0 heterocycles. The molecule has 4 nitrogen and oxygen atoms in total. The molecular formula is C27H34Cl2N2O2S. The fraction of sp³-hybridized carbons (Fsp3) is 0.481. The van der Waals surface area contributed by atoms with Crippen molar-refractivity contribution in [1.82, 2.24) is 10.2 Å². The lowest BCUT2D eigenvalue weighted by Crippen LogP contribution is -2.51. The molecule has 3 rings (SSSR count). The molecule has 184 valence electrons. The fourth-order valence-electron chi connectivity index (χ4n) is 4.35. The number of hydrogen-bond donors (Lipinski definition) is 1. The average molecular weight is 522 g/mol. The van der Waals surface area contributed by atoms with Gasteiger partial charge in [0.1, 0.15) is 6.04 Å². The Kier molecular flexibility index (Phi) is 10.6. The number of hydrogen-bond acceptors (Lipinski definition) is 3. The summed E-state index contributed by atoms with van der Waals surface area (Å²) in [4.78, 5) is 29.6. The summed E-state index contributed by atoms with van der Waals surface area (Å²) in [7, 11) is 0. The molecule has 0 aliphatic heterocycles. The first-order chi connectivity index (χ1) is 16.4. The highest BCUT2D eigenvalue weighted by atomic mass is 35.5. The van der Waals surface area contributed by atoms with Crippen molar-refractivity contribution in [2.75, 3.05) is 5.75 Å². The topological polar surface area (TPSA) is 49.4 Å². The van der Waals surface area contributed by atoms with Crippen LogP contribution in [0, 0.1) is 6.92 Å². The summed E-state index contributed by atoms with van der Waals surface area (Å²) in [6.07, 6.45) is 6.34. The van der Waals surface area contributed by atoms with Crippen LogP contribution in [-0.4, -0.2) is 34.6 Å². The lowest BCUT2D eigenvalue weighted by Gasteiger charge is -2.33. The van der Waals surface area contributed by atoms with Gasteiger partial charge in [-0.25, -0.2) is 0 Å². The van der Waals surface area contributed by atoms with Crippen molar-refractivity contribution in [2.24, 2.45) is 0 Å².